The number of carbonyl (C=O) groups excluding carboxylic acids is 1. The molecule has 1 amide bonds. The van der Waals surface area contributed by atoms with E-state index in [1.165, 1.54) is 12.1 Å². The monoisotopic (exact) mass is 316 g/mol. The number of rotatable bonds is 5. The van der Waals surface area contributed by atoms with E-state index in [0.29, 0.717) is 18.6 Å². The van der Waals surface area contributed by atoms with Gasteiger partial charge in [-0.2, -0.15) is 13.2 Å². The maximum atomic E-state index is 12.4. The second-order valence-corrected chi connectivity index (χ2v) is 5.49. The average molecular weight is 316 g/mol. The van der Waals surface area contributed by atoms with Crippen molar-refractivity contribution in [2.75, 3.05) is 13.2 Å². The highest BCUT2D eigenvalue weighted by Crippen LogP contribution is 2.30. The molecule has 1 saturated carbocycles. The Bertz CT molecular complexity index is 509. The molecule has 2 rings (SSSR count). The Morgan fingerprint density at radius 1 is 1.23 bits per heavy atom. The van der Waals surface area contributed by atoms with Crippen LogP contribution in [0.15, 0.2) is 24.3 Å². The third-order valence-corrected chi connectivity index (χ3v) is 3.79. The van der Waals surface area contributed by atoms with Gasteiger partial charge in [0.15, 0.2) is 0 Å². The second kappa shape index (κ2) is 6.56. The molecule has 1 aromatic rings. The molecule has 0 radical (unpaired) electrons. The minimum absolute atomic E-state index is 0.174. The molecule has 0 spiro atoms. The highest BCUT2D eigenvalue weighted by molar-refractivity contribution is 5.86. The molecule has 0 saturated heterocycles. The van der Waals surface area contributed by atoms with Crippen molar-refractivity contribution in [2.45, 2.75) is 37.4 Å². The van der Waals surface area contributed by atoms with Gasteiger partial charge in [-0.1, -0.05) is 12.8 Å². The fraction of sp³-hybridized carbons (Fsp3) is 0.533. The van der Waals surface area contributed by atoms with Gasteiger partial charge in [-0.3, -0.25) is 4.79 Å². The Morgan fingerprint density at radius 3 is 2.36 bits per heavy atom. The molecule has 0 atom stereocenters. The molecule has 1 fully saturated rings. The van der Waals surface area contributed by atoms with E-state index in [2.05, 4.69) is 5.32 Å². The number of benzene rings is 1. The van der Waals surface area contributed by atoms with Gasteiger partial charge < -0.3 is 15.8 Å². The van der Waals surface area contributed by atoms with Crippen LogP contribution in [0, 0.1) is 0 Å². The van der Waals surface area contributed by atoms with Gasteiger partial charge in [-0.15, -0.1) is 0 Å². The van der Waals surface area contributed by atoms with Crippen molar-refractivity contribution in [1.82, 2.24) is 5.32 Å². The fourth-order valence-corrected chi connectivity index (χ4v) is 2.48. The molecule has 1 aliphatic carbocycles. The summed E-state index contributed by atoms with van der Waals surface area (Å²) in [6, 6.07) is 4.43. The molecular weight excluding hydrogens is 297 g/mol. The summed E-state index contributed by atoms with van der Waals surface area (Å²) in [4.78, 5) is 11.9. The molecule has 0 aliphatic heterocycles. The molecule has 1 aromatic carbocycles. The van der Waals surface area contributed by atoms with Gasteiger partial charge in [-0.25, -0.2) is 0 Å². The Labute approximate surface area is 126 Å². The fourth-order valence-electron chi connectivity index (χ4n) is 2.48. The van der Waals surface area contributed by atoms with Crippen molar-refractivity contribution in [3.8, 4) is 5.75 Å². The van der Waals surface area contributed by atoms with Crippen molar-refractivity contribution in [3.05, 3.63) is 29.8 Å². The molecule has 1 aliphatic rings. The molecule has 0 heterocycles. The standard InChI is InChI=1S/C15H19F3N2O2/c16-15(17,18)11-3-5-12(6-4-11)22-10-9-20-13(21)14(19)7-1-2-8-14/h3-6H,1-2,7-10,19H2,(H,20,21). The first kappa shape index (κ1) is 16.6. The first-order chi connectivity index (χ1) is 10.3. The topological polar surface area (TPSA) is 64.4 Å². The zero-order valence-electron chi connectivity index (χ0n) is 12.1. The van der Waals surface area contributed by atoms with Gasteiger partial charge in [0.2, 0.25) is 5.91 Å². The summed E-state index contributed by atoms with van der Waals surface area (Å²) >= 11 is 0. The number of amides is 1. The van der Waals surface area contributed by atoms with Gasteiger partial charge in [0.25, 0.3) is 0 Å². The summed E-state index contributed by atoms with van der Waals surface area (Å²) in [5.74, 6) is 0.131. The van der Waals surface area contributed by atoms with E-state index < -0.39 is 17.3 Å². The van der Waals surface area contributed by atoms with Gasteiger partial charge in [0.1, 0.15) is 12.4 Å². The molecule has 0 aromatic heterocycles. The molecular formula is C15H19F3N2O2. The van der Waals surface area contributed by atoms with Crippen LogP contribution in [-0.4, -0.2) is 24.6 Å². The van der Waals surface area contributed by atoms with Crippen LogP contribution in [0.4, 0.5) is 13.2 Å². The summed E-state index contributed by atoms with van der Waals surface area (Å²) in [7, 11) is 0. The van der Waals surface area contributed by atoms with E-state index in [1.54, 1.807) is 0 Å². The van der Waals surface area contributed by atoms with E-state index in [0.717, 1.165) is 25.0 Å². The quantitative estimate of drug-likeness (QED) is 0.820. The molecule has 3 N–H and O–H groups in total. The summed E-state index contributed by atoms with van der Waals surface area (Å²) in [6.45, 7) is 0.436. The summed E-state index contributed by atoms with van der Waals surface area (Å²) in [6.07, 6.45) is -1.10. The summed E-state index contributed by atoms with van der Waals surface area (Å²) in [5.41, 5.74) is 4.49. The van der Waals surface area contributed by atoms with E-state index in [-0.39, 0.29) is 19.1 Å². The minimum atomic E-state index is -4.36. The second-order valence-electron chi connectivity index (χ2n) is 5.49. The van der Waals surface area contributed by atoms with Crippen molar-refractivity contribution in [2.24, 2.45) is 5.73 Å². The van der Waals surface area contributed by atoms with E-state index in [1.807, 2.05) is 0 Å². The van der Waals surface area contributed by atoms with Gasteiger partial charge in [-0.05, 0) is 37.1 Å². The Hall–Kier alpha value is -1.76. The summed E-state index contributed by atoms with van der Waals surface area (Å²) < 4.78 is 42.5. The van der Waals surface area contributed by atoms with Crippen LogP contribution in [0.5, 0.6) is 5.75 Å². The highest BCUT2D eigenvalue weighted by atomic mass is 19.4. The first-order valence-electron chi connectivity index (χ1n) is 7.18. The zero-order valence-corrected chi connectivity index (χ0v) is 12.1. The van der Waals surface area contributed by atoms with E-state index in [4.69, 9.17) is 10.5 Å². The summed E-state index contributed by atoms with van der Waals surface area (Å²) in [5, 5.41) is 2.70. The molecule has 122 valence electrons. The largest absolute Gasteiger partial charge is 0.492 e. The predicted octanol–water partition coefficient (Wildman–Crippen LogP) is 2.47. The first-order valence-corrected chi connectivity index (χ1v) is 7.18. The van der Waals surface area contributed by atoms with Crippen molar-refractivity contribution in [1.29, 1.82) is 0 Å². The maximum Gasteiger partial charge on any atom is 0.416 e. The van der Waals surface area contributed by atoms with Crippen LogP contribution in [0.1, 0.15) is 31.2 Å². The third-order valence-electron chi connectivity index (χ3n) is 3.79. The van der Waals surface area contributed by atoms with Gasteiger partial charge in [0.05, 0.1) is 17.6 Å². The SMILES string of the molecule is NC1(C(=O)NCCOc2ccc(C(F)(F)F)cc2)CCCC1. The number of hydrogen-bond donors (Lipinski definition) is 2. The predicted molar refractivity (Wildman–Crippen MR) is 75.3 cm³/mol. The highest BCUT2D eigenvalue weighted by Gasteiger charge is 2.36. The lowest BCUT2D eigenvalue weighted by molar-refractivity contribution is -0.137. The molecule has 0 bridgehead atoms. The Morgan fingerprint density at radius 2 is 1.82 bits per heavy atom. The van der Waals surface area contributed by atoms with Gasteiger partial charge >= 0.3 is 6.18 Å². The lowest BCUT2D eigenvalue weighted by Gasteiger charge is -2.22. The minimum Gasteiger partial charge on any atom is -0.492 e. The molecule has 0 unspecified atom stereocenters. The molecule has 22 heavy (non-hydrogen) atoms. The van der Waals surface area contributed by atoms with E-state index in [9.17, 15) is 18.0 Å². The lowest BCUT2D eigenvalue weighted by atomic mass is 9.98. The lowest BCUT2D eigenvalue weighted by Crippen LogP contribution is -2.52. The van der Waals surface area contributed by atoms with Crippen molar-refractivity contribution in [3.63, 3.8) is 0 Å². The average Bonchev–Trinajstić information content (AvgIpc) is 2.91. The number of halogens is 3. The number of nitrogens with two attached hydrogens (primary N) is 1. The third kappa shape index (κ3) is 4.13. The van der Waals surface area contributed by atoms with Crippen LogP contribution in [-0.2, 0) is 11.0 Å². The number of carbonyl (C=O) groups is 1. The molecule has 7 heteroatoms. The van der Waals surface area contributed by atoms with Crippen molar-refractivity contribution >= 4 is 5.91 Å². The van der Waals surface area contributed by atoms with Gasteiger partial charge in [0, 0.05) is 0 Å². The van der Waals surface area contributed by atoms with Crippen LogP contribution >= 0.6 is 0 Å². The van der Waals surface area contributed by atoms with Crippen LogP contribution < -0.4 is 15.8 Å². The zero-order chi connectivity index (χ0) is 16.2. The van der Waals surface area contributed by atoms with Crippen LogP contribution in [0.2, 0.25) is 0 Å². The number of hydrogen-bond acceptors (Lipinski definition) is 3. The normalized spacial score (nSPS) is 17.3. The number of alkyl halides is 3. The van der Waals surface area contributed by atoms with Crippen LogP contribution in [0.3, 0.4) is 0 Å². The maximum absolute atomic E-state index is 12.4. The van der Waals surface area contributed by atoms with E-state index >= 15 is 0 Å². The number of ether oxygens (including phenoxy) is 1. The number of nitrogens with one attached hydrogen (secondary N) is 1. The smallest absolute Gasteiger partial charge is 0.416 e. The Balaban J connectivity index is 1.74. The van der Waals surface area contributed by atoms with Crippen molar-refractivity contribution < 1.29 is 22.7 Å². The van der Waals surface area contributed by atoms with Crippen LogP contribution in [0.25, 0.3) is 0 Å². The Kier molecular flexibility index (Phi) is 4.95. The molecule has 4 nitrogen and oxygen atoms in total.